The van der Waals surface area contributed by atoms with E-state index in [1.165, 1.54) is 32.4 Å². The predicted octanol–water partition coefficient (Wildman–Crippen LogP) is 2.06. The number of guanidine groups is 1. The van der Waals surface area contributed by atoms with E-state index in [2.05, 4.69) is 15.2 Å². The van der Waals surface area contributed by atoms with Gasteiger partial charge in [-0.05, 0) is 38.1 Å². The van der Waals surface area contributed by atoms with Crippen molar-refractivity contribution in [1.82, 2.24) is 4.90 Å². The van der Waals surface area contributed by atoms with Gasteiger partial charge >= 0.3 is 0 Å². The molecule has 2 aliphatic rings. The maximum atomic E-state index is 5.98. The second-order valence-corrected chi connectivity index (χ2v) is 6.01. The van der Waals surface area contributed by atoms with E-state index in [4.69, 9.17) is 15.2 Å². The normalized spacial score (nSPS) is 19.2. The van der Waals surface area contributed by atoms with Crippen LogP contribution in [0.25, 0.3) is 0 Å². The zero-order chi connectivity index (χ0) is 15.9. The molecule has 0 aliphatic carbocycles. The average Bonchev–Trinajstić information content (AvgIpc) is 2.81. The number of nitrogens with zero attached hydrogens (tertiary/aromatic N) is 2. The van der Waals surface area contributed by atoms with Gasteiger partial charge in [-0.15, -0.1) is 0 Å². The molecule has 0 amide bonds. The number of piperidine rings is 1. The smallest absolute Gasteiger partial charge is 0.193 e. The Morgan fingerprint density at radius 2 is 1.87 bits per heavy atom. The number of hydrogen-bond acceptors (Lipinski definition) is 4. The highest BCUT2D eigenvalue weighted by Crippen LogP contribution is 2.32. The molecule has 23 heavy (non-hydrogen) atoms. The molecule has 1 aromatic rings. The summed E-state index contributed by atoms with van der Waals surface area (Å²) in [5.74, 6) is 1.98. The van der Waals surface area contributed by atoms with E-state index in [1.807, 2.05) is 18.2 Å². The monoisotopic (exact) mass is 318 g/mol. The van der Waals surface area contributed by atoms with Crippen LogP contribution in [0.2, 0.25) is 0 Å². The van der Waals surface area contributed by atoms with Crippen LogP contribution in [0.3, 0.4) is 0 Å². The summed E-state index contributed by atoms with van der Waals surface area (Å²) in [4.78, 5) is 6.87. The fourth-order valence-corrected chi connectivity index (χ4v) is 2.92. The first-order valence-electron chi connectivity index (χ1n) is 8.50. The summed E-state index contributed by atoms with van der Waals surface area (Å²) < 4.78 is 11.3. The number of ether oxygens (including phenoxy) is 2. The Kier molecular flexibility index (Phi) is 5.58. The van der Waals surface area contributed by atoms with Gasteiger partial charge in [-0.1, -0.05) is 6.42 Å². The number of aliphatic imine (C=N–C) groups is 1. The lowest BCUT2D eigenvalue weighted by Crippen LogP contribution is -2.32. The van der Waals surface area contributed by atoms with E-state index >= 15 is 0 Å². The van der Waals surface area contributed by atoms with Crippen LogP contribution in [0.4, 0.5) is 5.69 Å². The quantitative estimate of drug-likeness (QED) is 0.657. The molecule has 0 bridgehead atoms. The summed E-state index contributed by atoms with van der Waals surface area (Å²) in [5, 5.41) is 3.12. The Morgan fingerprint density at radius 1 is 1.09 bits per heavy atom. The first-order chi connectivity index (χ1) is 11.3. The molecule has 6 nitrogen and oxygen atoms in total. The molecule has 2 heterocycles. The summed E-state index contributed by atoms with van der Waals surface area (Å²) in [6.07, 6.45) is 4.86. The lowest BCUT2D eigenvalue weighted by Gasteiger charge is -2.25. The van der Waals surface area contributed by atoms with Gasteiger partial charge in [0, 0.05) is 24.7 Å². The maximum absolute atomic E-state index is 5.98. The Balaban J connectivity index is 1.51. The maximum Gasteiger partial charge on any atom is 0.193 e. The summed E-state index contributed by atoms with van der Waals surface area (Å²) in [7, 11) is 0. The largest absolute Gasteiger partial charge is 0.490 e. The van der Waals surface area contributed by atoms with Crippen LogP contribution in [-0.2, 0) is 0 Å². The van der Waals surface area contributed by atoms with E-state index in [0.717, 1.165) is 36.7 Å². The van der Waals surface area contributed by atoms with Crippen LogP contribution in [0, 0.1) is 0 Å². The van der Waals surface area contributed by atoms with E-state index < -0.39 is 0 Å². The number of likely N-dealkylation sites (tertiary alicyclic amines) is 1. The standard InChI is InChI=1S/C17H26N4O2/c18-17(19-7-10-21-8-2-1-3-9-21)20-14-5-6-15-16(13-14)23-12-4-11-22-15/h5-6,13H,1-4,7-12H2,(H3,18,19,20). The van der Waals surface area contributed by atoms with Crippen molar-refractivity contribution in [3.8, 4) is 11.5 Å². The summed E-state index contributed by atoms with van der Waals surface area (Å²) >= 11 is 0. The van der Waals surface area contributed by atoms with E-state index in [9.17, 15) is 0 Å². The van der Waals surface area contributed by atoms with Crippen LogP contribution in [0.5, 0.6) is 11.5 Å². The Morgan fingerprint density at radius 3 is 2.70 bits per heavy atom. The van der Waals surface area contributed by atoms with E-state index in [0.29, 0.717) is 19.2 Å². The second kappa shape index (κ2) is 8.06. The third kappa shape index (κ3) is 4.76. The molecule has 2 aliphatic heterocycles. The molecule has 0 radical (unpaired) electrons. The van der Waals surface area contributed by atoms with Crippen molar-refractivity contribution in [2.45, 2.75) is 25.7 Å². The van der Waals surface area contributed by atoms with Crippen molar-refractivity contribution >= 4 is 11.6 Å². The lowest BCUT2D eigenvalue weighted by atomic mass is 10.1. The van der Waals surface area contributed by atoms with Gasteiger partial charge in [0.15, 0.2) is 17.5 Å². The van der Waals surface area contributed by atoms with Crippen LogP contribution < -0.4 is 20.5 Å². The van der Waals surface area contributed by atoms with Gasteiger partial charge in [0.25, 0.3) is 0 Å². The summed E-state index contributed by atoms with van der Waals surface area (Å²) in [5.41, 5.74) is 6.85. The topological polar surface area (TPSA) is 72.1 Å². The van der Waals surface area contributed by atoms with Gasteiger partial charge in [0.05, 0.1) is 19.8 Å². The van der Waals surface area contributed by atoms with Crippen molar-refractivity contribution in [3.63, 3.8) is 0 Å². The number of benzene rings is 1. The minimum Gasteiger partial charge on any atom is -0.490 e. The molecule has 3 rings (SSSR count). The molecule has 1 saturated heterocycles. The summed E-state index contributed by atoms with van der Waals surface area (Å²) in [6, 6.07) is 5.75. The van der Waals surface area contributed by atoms with Gasteiger partial charge in [0.1, 0.15) is 0 Å². The Hall–Kier alpha value is -1.95. The predicted molar refractivity (Wildman–Crippen MR) is 92.5 cm³/mol. The highest BCUT2D eigenvalue weighted by atomic mass is 16.5. The van der Waals surface area contributed by atoms with Crippen molar-refractivity contribution in [3.05, 3.63) is 18.2 Å². The minimum absolute atomic E-state index is 0.441. The average molecular weight is 318 g/mol. The zero-order valence-corrected chi connectivity index (χ0v) is 13.6. The van der Waals surface area contributed by atoms with Crippen molar-refractivity contribution in [2.75, 3.05) is 44.7 Å². The third-order valence-electron chi connectivity index (χ3n) is 4.17. The number of hydrogen-bond donors (Lipinski definition) is 2. The number of anilines is 1. The van der Waals surface area contributed by atoms with Crippen LogP contribution in [-0.4, -0.2) is 50.3 Å². The molecule has 126 valence electrons. The molecule has 0 unspecified atom stereocenters. The SMILES string of the molecule is NC(=NCCN1CCCCC1)Nc1ccc2c(c1)OCCCO2. The molecule has 0 aromatic heterocycles. The number of fused-ring (bicyclic) bond motifs is 1. The van der Waals surface area contributed by atoms with E-state index in [1.54, 1.807) is 0 Å². The minimum atomic E-state index is 0.441. The molecular formula is C17H26N4O2. The molecule has 3 N–H and O–H groups in total. The lowest BCUT2D eigenvalue weighted by molar-refractivity contribution is 0.235. The first kappa shape index (κ1) is 15.9. The van der Waals surface area contributed by atoms with Crippen molar-refractivity contribution in [2.24, 2.45) is 10.7 Å². The van der Waals surface area contributed by atoms with Crippen LogP contribution in [0.1, 0.15) is 25.7 Å². The number of nitrogens with one attached hydrogen (secondary N) is 1. The molecule has 1 aromatic carbocycles. The molecule has 0 saturated carbocycles. The molecule has 6 heteroatoms. The van der Waals surface area contributed by atoms with E-state index in [-0.39, 0.29) is 0 Å². The molecule has 0 spiro atoms. The van der Waals surface area contributed by atoms with Gasteiger partial charge in [-0.3, -0.25) is 4.99 Å². The number of nitrogens with two attached hydrogens (primary N) is 1. The van der Waals surface area contributed by atoms with Gasteiger partial charge < -0.3 is 25.4 Å². The fraction of sp³-hybridized carbons (Fsp3) is 0.588. The highest BCUT2D eigenvalue weighted by molar-refractivity contribution is 5.92. The van der Waals surface area contributed by atoms with Gasteiger partial charge in [0.2, 0.25) is 0 Å². The van der Waals surface area contributed by atoms with Gasteiger partial charge in [-0.25, -0.2) is 0 Å². The van der Waals surface area contributed by atoms with Crippen LogP contribution >= 0.6 is 0 Å². The Labute approximate surface area is 137 Å². The fourth-order valence-electron chi connectivity index (χ4n) is 2.92. The van der Waals surface area contributed by atoms with Crippen molar-refractivity contribution < 1.29 is 9.47 Å². The van der Waals surface area contributed by atoms with Crippen molar-refractivity contribution in [1.29, 1.82) is 0 Å². The Bertz CT molecular complexity index is 541. The van der Waals surface area contributed by atoms with Gasteiger partial charge in [-0.2, -0.15) is 0 Å². The van der Waals surface area contributed by atoms with Crippen LogP contribution in [0.15, 0.2) is 23.2 Å². The molecular weight excluding hydrogens is 292 g/mol. The summed E-state index contributed by atoms with van der Waals surface area (Å²) in [6.45, 7) is 5.44. The zero-order valence-electron chi connectivity index (χ0n) is 13.6. The highest BCUT2D eigenvalue weighted by Gasteiger charge is 2.11. The second-order valence-electron chi connectivity index (χ2n) is 6.01. The number of rotatable bonds is 4. The molecule has 1 fully saturated rings. The third-order valence-corrected chi connectivity index (χ3v) is 4.17. The molecule has 0 atom stereocenters. The first-order valence-corrected chi connectivity index (χ1v) is 8.50.